The number of nitrogens with one attached hydrogen (secondary N) is 3. The highest BCUT2D eigenvalue weighted by atomic mass is 32.1. The van der Waals surface area contributed by atoms with E-state index in [1.165, 1.54) is 23.0 Å². The van der Waals surface area contributed by atoms with Crippen molar-refractivity contribution in [2.75, 3.05) is 5.32 Å². The van der Waals surface area contributed by atoms with Crippen LogP contribution in [0, 0.1) is 6.92 Å². The molecular formula is C19H18N6O3S. The number of benzene rings is 1. The molecular weight excluding hydrogens is 392 g/mol. The van der Waals surface area contributed by atoms with Crippen LogP contribution in [-0.4, -0.2) is 30.4 Å². The first-order valence-electron chi connectivity index (χ1n) is 8.93. The molecule has 0 radical (unpaired) electrons. The van der Waals surface area contributed by atoms with E-state index in [0.29, 0.717) is 17.4 Å². The first kappa shape index (κ1) is 18.8. The van der Waals surface area contributed by atoms with Crippen LogP contribution in [0.25, 0.3) is 21.6 Å². The van der Waals surface area contributed by atoms with E-state index in [1.54, 1.807) is 0 Å². The third kappa shape index (κ3) is 3.74. The summed E-state index contributed by atoms with van der Waals surface area (Å²) in [4.78, 5) is 50.6. The minimum Gasteiger partial charge on any atom is -0.336 e. The summed E-state index contributed by atoms with van der Waals surface area (Å²) < 4.78 is 1.25. The molecule has 1 aromatic carbocycles. The Balaban J connectivity index is 1.45. The fourth-order valence-electron chi connectivity index (χ4n) is 2.99. The maximum absolute atomic E-state index is 12.3. The monoisotopic (exact) mass is 410 g/mol. The first-order chi connectivity index (χ1) is 13.9. The highest BCUT2D eigenvalue weighted by molar-refractivity contribution is 7.19. The molecule has 3 N–H and O–H groups in total. The highest BCUT2D eigenvalue weighted by Crippen LogP contribution is 2.32. The molecule has 4 rings (SSSR count). The van der Waals surface area contributed by atoms with Crippen LogP contribution in [0.5, 0.6) is 0 Å². The Hall–Kier alpha value is -3.53. The molecule has 148 valence electrons. The Bertz CT molecular complexity index is 1320. The van der Waals surface area contributed by atoms with Gasteiger partial charge in [-0.05, 0) is 12.5 Å². The number of nitrogens with zero attached hydrogens (tertiary/aromatic N) is 3. The lowest BCUT2D eigenvalue weighted by Crippen LogP contribution is -2.28. The lowest BCUT2D eigenvalue weighted by molar-refractivity contribution is -0.116. The minimum absolute atomic E-state index is 0.158. The van der Waals surface area contributed by atoms with Crippen molar-refractivity contribution in [2.24, 2.45) is 7.05 Å². The number of aryl methyl sites for hydroxylation is 3. The average molecular weight is 410 g/mol. The number of fused-ring (bicyclic) bond motifs is 1. The lowest BCUT2D eigenvalue weighted by Gasteiger charge is -2.00. The predicted molar refractivity (Wildman–Crippen MR) is 111 cm³/mol. The zero-order valence-electron chi connectivity index (χ0n) is 15.8. The molecule has 1 amide bonds. The topological polar surface area (TPSA) is 126 Å². The molecule has 0 saturated heterocycles. The van der Waals surface area contributed by atoms with Crippen molar-refractivity contribution >= 4 is 33.5 Å². The summed E-state index contributed by atoms with van der Waals surface area (Å²) >= 11 is 1.42. The number of carbonyl (C=O) groups is 1. The van der Waals surface area contributed by atoms with Gasteiger partial charge in [0, 0.05) is 19.9 Å². The van der Waals surface area contributed by atoms with Gasteiger partial charge in [-0.15, -0.1) is 0 Å². The molecule has 0 fully saturated rings. The summed E-state index contributed by atoms with van der Waals surface area (Å²) in [5.74, 6) is 0.253. The molecule has 0 atom stereocenters. The van der Waals surface area contributed by atoms with Gasteiger partial charge in [-0.2, -0.15) is 0 Å². The Labute approximate surface area is 168 Å². The van der Waals surface area contributed by atoms with Crippen LogP contribution in [-0.2, 0) is 18.3 Å². The number of aromatic nitrogens is 5. The van der Waals surface area contributed by atoms with Crippen molar-refractivity contribution in [3.8, 4) is 10.4 Å². The number of imidazole rings is 1. The van der Waals surface area contributed by atoms with Crippen LogP contribution in [0.4, 0.5) is 5.13 Å². The zero-order chi connectivity index (χ0) is 20.5. The standard InChI is InChI=1S/C19H18N6O3S/c1-10-15(11-6-4-3-5-7-11)29-18(20-10)23-13(26)9-8-12-21-14-16(22-12)25(2)19(28)24-17(14)27/h3-7H,8-9H2,1-2H3,(H,21,22)(H,20,23,26)(H,24,27,28). The number of aromatic amines is 2. The van der Waals surface area contributed by atoms with Gasteiger partial charge in [-0.25, -0.2) is 14.8 Å². The van der Waals surface area contributed by atoms with E-state index in [9.17, 15) is 14.4 Å². The van der Waals surface area contributed by atoms with Crippen molar-refractivity contribution in [2.45, 2.75) is 19.8 Å². The number of thiazole rings is 1. The molecule has 0 aliphatic rings. The van der Waals surface area contributed by atoms with Gasteiger partial charge < -0.3 is 10.3 Å². The molecule has 29 heavy (non-hydrogen) atoms. The summed E-state index contributed by atoms with van der Waals surface area (Å²) in [5, 5.41) is 3.35. The number of hydrogen-bond acceptors (Lipinski definition) is 6. The van der Waals surface area contributed by atoms with Crippen LogP contribution < -0.4 is 16.6 Å². The highest BCUT2D eigenvalue weighted by Gasteiger charge is 2.14. The van der Waals surface area contributed by atoms with E-state index in [2.05, 4.69) is 25.3 Å². The molecule has 0 bridgehead atoms. The van der Waals surface area contributed by atoms with E-state index in [1.807, 2.05) is 37.3 Å². The quantitative estimate of drug-likeness (QED) is 0.464. The van der Waals surface area contributed by atoms with Crippen molar-refractivity contribution in [3.05, 3.63) is 62.7 Å². The second-order valence-electron chi connectivity index (χ2n) is 6.55. The predicted octanol–water partition coefficient (Wildman–Crippen LogP) is 1.95. The number of rotatable bonds is 5. The van der Waals surface area contributed by atoms with Gasteiger partial charge in [-0.3, -0.25) is 19.1 Å². The number of carbonyl (C=O) groups excluding carboxylic acids is 1. The maximum Gasteiger partial charge on any atom is 0.329 e. The first-order valence-corrected chi connectivity index (χ1v) is 9.74. The number of amides is 1. The van der Waals surface area contributed by atoms with Gasteiger partial charge in [0.05, 0.1) is 10.6 Å². The number of H-pyrrole nitrogens is 2. The van der Waals surface area contributed by atoms with Crippen molar-refractivity contribution in [3.63, 3.8) is 0 Å². The second-order valence-corrected chi connectivity index (χ2v) is 7.55. The number of anilines is 1. The molecule has 3 heterocycles. The Morgan fingerprint density at radius 2 is 1.93 bits per heavy atom. The zero-order valence-corrected chi connectivity index (χ0v) is 16.6. The second kappa shape index (κ2) is 7.47. The third-order valence-corrected chi connectivity index (χ3v) is 5.59. The Morgan fingerprint density at radius 1 is 1.17 bits per heavy atom. The summed E-state index contributed by atoms with van der Waals surface area (Å²) in [6.07, 6.45) is 0.453. The lowest BCUT2D eigenvalue weighted by atomic mass is 10.2. The van der Waals surface area contributed by atoms with Crippen LogP contribution in [0.1, 0.15) is 17.9 Å². The van der Waals surface area contributed by atoms with Crippen LogP contribution in [0.2, 0.25) is 0 Å². The summed E-state index contributed by atoms with van der Waals surface area (Å²) in [6.45, 7) is 1.91. The van der Waals surface area contributed by atoms with Gasteiger partial charge in [0.15, 0.2) is 10.8 Å². The van der Waals surface area contributed by atoms with E-state index in [4.69, 9.17) is 0 Å². The summed E-state index contributed by atoms with van der Waals surface area (Å²) in [6, 6.07) is 9.87. The van der Waals surface area contributed by atoms with Crippen LogP contribution in [0.15, 0.2) is 39.9 Å². The molecule has 0 aliphatic carbocycles. The molecule has 0 spiro atoms. The third-order valence-electron chi connectivity index (χ3n) is 4.47. The summed E-state index contributed by atoms with van der Waals surface area (Å²) in [5.41, 5.74) is 1.32. The van der Waals surface area contributed by atoms with E-state index >= 15 is 0 Å². The molecule has 3 aromatic heterocycles. The molecule has 0 unspecified atom stereocenters. The van der Waals surface area contributed by atoms with Crippen LogP contribution >= 0.6 is 11.3 Å². The molecule has 9 nitrogen and oxygen atoms in total. The van der Waals surface area contributed by atoms with E-state index in [-0.39, 0.29) is 23.5 Å². The SMILES string of the molecule is Cc1nc(NC(=O)CCc2nc3c([nH]2)c(=O)[nH]c(=O)n3C)sc1-c1ccccc1. The largest absolute Gasteiger partial charge is 0.336 e. The molecule has 10 heteroatoms. The fraction of sp³-hybridized carbons (Fsp3) is 0.211. The van der Waals surface area contributed by atoms with Crippen molar-refractivity contribution < 1.29 is 4.79 Å². The van der Waals surface area contributed by atoms with Crippen LogP contribution in [0.3, 0.4) is 0 Å². The molecule has 0 aliphatic heterocycles. The number of hydrogen-bond donors (Lipinski definition) is 3. The van der Waals surface area contributed by atoms with Gasteiger partial charge in [-0.1, -0.05) is 41.7 Å². The van der Waals surface area contributed by atoms with Gasteiger partial charge in [0.2, 0.25) is 5.91 Å². The maximum atomic E-state index is 12.3. The van der Waals surface area contributed by atoms with Crippen molar-refractivity contribution in [1.29, 1.82) is 0 Å². The van der Waals surface area contributed by atoms with Gasteiger partial charge in [0.25, 0.3) is 5.56 Å². The molecule has 4 aromatic rings. The van der Waals surface area contributed by atoms with Gasteiger partial charge >= 0.3 is 5.69 Å². The average Bonchev–Trinajstić information content (AvgIpc) is 3.29. The van der Waals surface area contributed by atoms with E-state index in [0.717, 1.165) is 16.1 Å². The Kier molecular flexibility index (Phi) is 4.85. The van der Waals surface area contributed by atoms with Gasteiger partial charge in [0.1, 0.15) is 11.3 Å². The van der Waals surface area contributed by atoms with Crippen molar-refractivity contribution in [1.82, 2.24) is 24.5 Å². The minimum atomic E-state index is -0.536. The molecule has 0 saturated carbocycles. The normalized spacial score (nSPS) is 11.1. The fourth-order valence-corrected chi connectivity index (χ4v) is 3.98. The smallest absolute Gasteiger partial charge is 0.329 e. The summed E-state index contributed by atoms with van der Waals surface area (Å²) in [7, 11) is 1.52. The Morgan fingerprint density at radius 3 is 2.69 bits per heavy atom. The van der Waals surface area contributed by atoms with E-state index < -0.39 is 11.2 Å².